The molecule has 3 nitrogen and oxygen atoms in total. The highest BCUT2D eigenvalue weighted by Crippen LogP contribution is 2.33. The molecular formula is C16H20FNO2. The number of rotatable bonds is 4. The van der Waals surface area contributed by atoms with Crippen molar-refractivity contribution in [2.45, 2.75) is 44.9 Å². The molecule has 0 bridgehead atoms. The van der Waals surface area contributed by atoms with Crippen molar-refractivity contribution < 1.29 is 13.5 Å². The summed E-state index contributed by atoms with van der Waals surface area (Å²) in [5.74, 6) is 0.585. The molecule has 3 rings (SSSR count). The number of hydrogen-bond donors (Lipinski definition) is 1. The van der Waals surface area contributed by atoms with Crippen LogP contribution in [-0.2, 0) is 4.74 Å². The fourth-order valence-corrected chi connectivity index (χ4v) is 2.90. The molecule has 1 aromatic carbocycles. The molecule has 4 heteroatoms. The van der Waals surface area contributed by atoms with Gasteiger partial charge in [-0.1, -0.05) is 6.92 Å². The Bertz CT molecular complexity index is 595. The van der Waals surface area contributed by atoms with Crippen LogP contribution in [0.4, 0.5) is 4.39 Å². The van der Waals surface area contributed by atoms with Crippen molar-refractivity contribution in [3.8, 4) is 0 Å². The Labute approximate surface area is 118 Å². The second-order valence-corrected chi connectivity index (χ2v) is 5.43. The van der Waals surface area contributed by atoms with E-state index in [1.165, 1.54) is 12.1 Å². The van der Waals surface area contributed by atoms with Crippen molar-refractivity contribution in [3.63, 3.8) is 0 Å². The molecule has 1 aliphatic rings. The van der Waals surface area contributed by atoms with Gasteiger partial charge in [-0.15, -0.1) is 0 Å². The minimum atomic E-state index is -0.240. The number of hydrogen-bond acceptors (Lipinski definition) is 3. The van der Waals surface area contributed by atoms with Gasteiger partial charge in [-0.25, -0.2) is 4.39 Å². The molecule has 2 heterocycles. The average molecular weight is 277 g/mol. The fraction of sp³-hybridized carbons (Fsp3) is 0.500. The number of ether oxygens (including phenoxy) is 1. The molecule has 1 aromatic heterocycles. The number of furan rings is 1. The number of nitrogens with one attached hydrogen (secondary N) is 1. The van der Waals surface area contributed by atoms with Gasteiger partial charge in [0.25, 0.3) is 0 Å². The van der Waals surface area contributed by atoms with Crippen LogP contribution in [0.2, 0.25) is 0 Å². The quantitative estimate of drug-likeness (QED) is 0.923. The molecule has 0 amide bonds. The monoisotopic (exact) mass is 277 g/mol. The maximum atomic E-state index is 13.3. The van der Waals surface area contributed by atoms with E-state index < -0.39 is 0 Å². The van der Waals surface area contributed by atoms with Gasteiger partial charge in [-0.3, -0.25) is 0 Å². The minimum Gasteiger partial charge on any atom is -0.459 e. The third-order valence-electron chi connectivity index (χ3n) is 3.86. The molecule has 0 spiro atoms. The van der Waals surface area contributed by atoms with Gasteiger partial charge in [0.15, 0.2) is 0 Å². The van der Waals surface area contributed by atoms with Crippen LogP contribution < -0.4 is 5.32 Å². The van der Waals surface area contributed by atoms with Gasteiger partial charge in [0.05, 0.1) is 18.2 Å². The first-order valence-corrected chi connectivity index (χ1v) is 7.25. The van der Waals surface area contributed by atoms with E-state index >= 15 is 0 Å². The Hall–Kier alpha value is -1.39. The van der Waals surface area contributed by atoms with Crippen LogP contribution in [0.5, 0.6) is 0 Å². The molecule has 0 aliphatic carbocycles. The highest BCUT2D eigenvalue weighted by molar-refractivity contribution is 5.78. The first-order valence-electron chi connectivity index (χ1n) is 7.25. The number of benzene rings is 1. The maximum absolute atomic E-state index is 13.3. The molecule has 3 atom stereocenters. The second kappa shape index (κ2) is 5.54. The van der Waals surface area contributed by atoms with E-state index in [2.05, 4.69) is 19.2 Å². The number of likely N-dealkylation sites (N-methyl/N-ethyl adjacent to an activating group) is 1. The molecule has 1 fully saturated rings. The number of fused-ring (bicyclic) bond motifs is 1. The van der Waals surface area contributed by atoms with Crippen molar-refractivity contribution in [3.05, 3.63) is 35.8 Å². The highest BCUT2D eigenvalue weighted by atomic mass is 19.1. The van der Waals surface area contributed by atoms with Crippen LogP contribution in [0.25, 0.3) is 11.0 Å². The van der Waals surface area contributed by atoms with E-state index in [4.69, 9.17) is 9.15 Å². The predicted molar refractivity (Wildman–Crippen MR) is 76.2 cm³/mol. The van der Waals surface area contributed by atoms with E-state index in [1.54, 1.807) is 6.07 Å². The summed E-state index contributed by atoms with van der Waals surface area (Å²) >= 11 is 0. The smallest absolute Gasteiger partial charge is 0.134 e. The van der Waals surface area contributed by atoms with Crippen LogP contribution in [0.15, 0.2) is 28.7 Å². The SMILES string of the molecule is CCNC(c1cc2cc(F)ccc2o1)C1CCC(C)O1. The van der Waals surface area contributed by atoms with Gasteiger partial charge in [0, 0.05) is 5.39 Å². The van der Waals surface area contributed by atoms with Crippen LogP contribution in [0, 0.1) is 5.82 Å². The Kier molecular flexibility index (Phi) is 3.76. The van der Waals surface area contributed by atoms with E-state index in [0.717, 1.165) is 36.1 Å². The van der Waals surface area contributed by atoms with E-state index in [1.807, 2.05) is 6.07 Å². The van der Waals surface area contributed by atoms with Gasteiger partial charge in [-0.05, 0) is 50.6 Å². The van der Waals surface area contributed by atoms with Gasteiger partial charge >= 0.3 is 0 Å². The maximum Gasteiger partial charge on any atom is 0.134 e. The summed E-state index contributed by atoms with van der Waals surface area (Å²) in [6.07, 6.45) is 2.50. The third kappa shape index (κ3) is 2.58. The fourth-order valence-electron chi connectivity index (χ4n) is 2.90. The Morgan fingerprint density at radius 1 is 1.35 bits per heavy atom. The first kappa shape index (κ1) is 13.6. The molecule has 3 unspecified atom stereocenters. The average Bonchev–Trinajstić information content (AvgIpc) is 3.01. The van der Waals surface area contributed by atoms with Crippen LogP contribution >= 0.6 is 0 Å². The molecule has 0 saturated carbocycles. The minimum absolute atomic E-state index is 0.0282. The molecule has 108 valence electrons. The zero-order valence-electron chi connectivity index (χ0n) is 11.9. The van der Waals surface area contributed by atoms with Gasteiger partial charge in [0.1, 0.15) is 17.2 Å². The Balaban J connectivity index is 1.92. The summed E-state index contributed by atoms with van der Waals surface area (Å²) in [4.78, 5) is 0. The Morgan fingerprint density at radius 2 is 2.20 bits per heavy atom. The van der Waals surface area contributed by atoms with Crippen LogP contribution in [0.3, 0.4) is 0 Å². The molecule has 2 aromatic rings. The standard InChI is InChI=1S/C16H20FNO2/c1-3-18-16(14-6-4-10(2)19-14)15-9-11-8-12(17)5-7-13(11)20-15/h5,7-10,14,16,18H,3-4,6H2,1-2H3. The summed E-state index contributed by atoms with van der Waals surface area (Å²) in [5, 5.41) is 4.22. The zero-order chi connectivity index (χ0) is 14.1. The molecule has 1 aliphatic heterocycles. The predicted octanol–water partition coefficient (Wildman–Crippen LogP) is 3.79. The topological polar surface area (TPSA) is 34.4 Å². The van der Waals surface area contributed by atoms with Gasteiger partial charge in [-0.2, -0.15) is 0 Å². The summed E-state index contributed by atoms with van der Waals surface area (Å²) in [6.45, 7) is 5.00. The Morgan fingerprint density at radius 3 is 2.90 bits per heavy atom. The lowest BCUT2D eigenvalue weighted by molar-refractivity contribution is 0.0275. The summed E-state index contributed by atoms with van der Waals surface area (Å²) < 4.78 is 25.1. The normalized spacial score (nSPS) is 24.4. The van der Waals surface area contributed by atoms with Crippen molar-refractivity contribution in [2.24, 2.45) is 0 Å². The lowest BCUT2D eigenvalue weighted by atomic mass is 10.0. The summed E-state index contributed by atoms with van der Waals surface area (Å²) in [7, 11) is 0. The van der Waals surface area contributed by atoms with Gasteiger partial charge < -0.3 is 14.5 Å². The van der Waals surface area contributed by atoms with Crippen molar-refractivity contribution in [2.75, 3.05) is 6.54 Å². The highest BCUT2D eigenvalue weighted by Gasteiger charge is 2.32. The van der Waals surface area contributed by atoms with Crippen molar-refractivity contribution in [1.29, 1.82) is 0 Å². The lowest BCUT2D eigenvalue weighted by Crippen LogP contribution is -2.31. The first-order chi connectivity index (χ1) is 9.67. The molecule has 1 saturated heterocycles. The largest absolute Gasteiger partial charge is 0.459 e. The van der Waals surface area contributed by atoms with E-state index in [9.17, 15) is 4.39 Å². The molecule has 20 heavy (non-hydrogen) atoms. The van der Waals surface area contributed by atoms with Crippen LogP contribution in [0.1, 0.15) is 38.5 Å². The zero-order valence-corrected chi connectivity index (χ0v) is 11.9. The summed E-state index contributed by atoms with van der Waals surface area (Å²) in [5.41, 5.74) is 0.718. The second-order valence-electron chi connectivity index (χ2n) is 5.43. The van der Waals surface area contributed by atoms with Crippen molar-refractivity contribution in [1.82, 2.24) is 5.32 Å². The lowest BCUT2D eigenvalue weighted by Gasteiger charge is -2.22. The summed E-state index contributed by atoms with van der Waals surface area (Å²) in [6, 6.07) is 6.54. The van der Waals surface area contributed by atoms with Crippen LogP contribution in [-0.4, -0.2) is 18.8 Å². The molecule has 0 radical (unpaired) electrons. The molecule has 1 N–H and O–H groups in total. The number of halogens is 1. The van der Waals surface area contributed by atoms with E-state index in [-0.39, 0.29) is 18.0 Å². The molecular weight excluding hydrogens is 257 g/mol. The van der Waals surface area contributed by atoms with Gasteiger partial charge in [0.2, 0.25) is 0 Å². The third-order valence-corrected chi connectivity index (χ3v) is 3.86. The van der Waals surface area contributed by atoms with Crippen molar-refractivity contribution >= 4 is 11.0 Å². The van der Waals surface area contributed by atoms with E-state index in [0.29, 0.717) is 6.10 Å².